The van der Waals surface area contributed by atoms with Crippen molar-refractivity contribution < 1.29 is 14.6 Å². The number of hydrogen-bond donors (Lipinski definition) is 2. The van der Waals surface area contributed by atoms with Gasteiger partial charge in [-0.05, 0) is 30.2 Å². The van der Waals surface area contributed by atoms with E-state index in [0.717, 1.165) is 28.0 Å². The van der Waals surface area contributed by atoms with Crippen molar-refractivity contribution in [3.8, 4) is 11.6 Å². The van der Waals surface area contributed by atoms with Gasteiger partial charge in [0.25, 0.3) is 0 Å². The third-order valence-electron chi connectivity index (χ3n) is 4.16. The van der Waals surface area contributed by atoms with Crippen molar-refractivity contribution in [3.63, 3.8) is 0 Å². The Kier molecular flexibility index (Phi) is 5.55. The smallest absolute Gasteiger partial charge is 0.337 e. The first-order chi connectivity index (χ1) is 14.1. The number of thiophene rings is 1. The molecule has 2 N–H and O–H groups in total. The zero-order valence-electron chi connectivity index (χ0n) is 15.0. The van der Waals surface area contributed by atoms with Crippen LogP contribution in [-0.2, 0) is 6.42 Å². The van der Waals surface area contributed by atoms with Crippen molar-refractivity contribution in [1.29, 1.82) is 0 Å². The van der Waals surface area contributed by atoms with Gasteiger partial charge in [0.1, 0.15) is 22.7 Å². The first-order valence-electron chi connectivity index (χ1n) is 8.68. The minimum absolute atomic E-state index is 0.116. The predicted octanol–water partition coefficient (Wildman–Crippen LogP) is 4.88. The third-order valence-corrected chi connectivity index (χ3v) is 5.47. The van der Waals surface area contributed by atoms with Gasteiger partial charge in [0.2, 0.25) is 5.88 Å². The number of ether oxygens (including phenoxy) is 1. The van der Waals surface area contributed by atoms with Gasteiger partial charge in [0.15, 0.2) is 0 Å². The van der Waals surface area contributed by atoms with Crippen LogP contribution in [0.5, 0.6) is 11.6 Å². The number of nitrogens with zero attached hydrogens (tertiary/aromatic N) is 3. The van der Waals surface area contributed by atoms with Crippen molar-refractivity contribution in [2.75, 3.05) is 11.9 Å². The van der Waals surface area contributed by atoms with Crippen LogP contribution < -0.4 is 10.1 Å². The van der Waals surface area contributed by atoms with Gasteiger partial charge in [0.05, 0.1) is 16.0 Å². The molecule has 29 heavy (non-hydrogen) atoms. The first kappa shape index (κ1) is 19.1. The summed E-state index contributed by atoms with van der Waals surface area (Å²) in [4.78, 5) is 24.2. The molecule has 4 aromatic rings. The predicted molar refractivity (Wildman–Crippen MR) is 112 cm³/mol. The molecule has 146 valence electrons. The molecule has 0 aliphatic heterocycles. The fraction of sp³-hybridized carbons (Fsp3) is 0.100. The zero-order valence-corrected chi connectivity index (χ0v) is 16.6. The second kappa shape index (κ2) is 8.42. The van der Waals surface area contributed by atoms with Crippen LogP contribution >= 0.6 is 22.9 Å². The Balaban J connectivity index is 1.34. The Hall–Kier alpha value is -3.23. The maximum Gasteiger partial charge on any atom is 0.337 e. The summed E-state index contributed by atoms with van der Waals surface area (Å²) in [5, 5.41) is 15.6. The number of fused-ring (bicyclic) bond motifs is 1. The number of aromatic carboxylic acids is 1. The fourth-order valence-corrected chi connectivity index (χ4v) is 3.85. The van der Waals surface area contributed by atoms with Crippen LogP contribution in [0, 0.1) is 0 Å². The van der Waals surface area contributed by atoms with E-state index < -0.39 is 5.97 Å². The summed E-state index contributed by atoms with van der Waals surface area (Å²) in [6, 6.07) is 10.6. The SMILES string of the molecule is O=C(O)c1ccc(Oc2ccc(CCNc3ncnc4scc(Cl)c34)cc2)nc1. The summed E-state index contributed by atoms with van der Waals surface area (Å²) in [5.41, 5.74) is 1.24. The van der Waals surface area contributed by atoms with E-state index in [0.29, 0.717) is 23.2 Å². The molecule has 7 nitrogen and oxygen atoms in total. The molecule has 0 spiro atoms. The van der Waals surface area contributed by atoms with Crippen molar-refractivity contribution in [1.82, 2.24) is 15.0 Å². The average molecular weight is 427 g/mol. The fourth-order valence-electron chi connectivity index (χ4n) is 2.71. The number of pyridine rings is 1. The molecule has 3 heterocycles. The topological polar surface area (TPSA) is 97.2 Å². The highest BCUT2D eigenvalue weighted by atomic mass is 35.5. The number of anilines is 1. The number of benzene rings is 1. The van der Waals surface area contributed by atoms with Gasteiger partial charge >= 0.3 is 5.97 Å². The lowest BCUT2D eigenvalue weighted by Gasteiger charge is -2.08. The molecule has 4 rings (SSSR count). The van der Waals surface area contributed by atoms with E-state index in [9.17, 15) is 4.79 Å². The minimum atomic E-state index is -1.02. The number of rotatable bonds is 7. The standard InChI is InChI=1S/C20H15ClN4O3S/c21-15-10-29-19-17(15)18(24-11-25-19)22-8-7-12-1-4-14(5-2-12)28-16-6-3-13(9-23-16)20(26)27/h1-6,9-11H,7-8H2,(H,26,27)(H,22,24,25). The number of halogens is 1. The van der Waals surface area contributed by atoms with Crippen molar-refractivity contribution in [2.24, 2.45) is 0 Å². The molecule has 0 saturated heterocycles. The number of carbonyl (C=O) groups is 1. The molecule has 9 heteroatoms. The van der Waals surface area contributed by atoms with Crippen LogP contribution in [0.1, 0.15) is 15.9 Å². The highest BCUT2D eigenvalue weighted by molar-refractivity contribution is 7.17. The van der Waals surface area contributed by atoms with Crippen molar-refractivity contribution in [2.45, 2.75) is 6.42 Å². The molecule has 0 aliphatic rings. The van der Waals surface area contributed by atoms with Gasteiger partial charge in [-0.3, -0.25) is 0 Å². The van der Waals surface area contributed by atoms with E-state index in [1.54, 1.807) is 0 Å². The summed E-state index contributed by atoms with van der Waals surface area (Å²) >= 11 is 7.72. The van der Waals surface area contributed by atoms with Gasteiger partial charge < -0.3 is 15.2 Å². The summed E-state index contributed by atoms with van der Waals surface area (Å²) in [6.45, 7) is 0.691. The number of carboxylic acid groups (broad SMARTS) is 1. The van der Waals surface area contributed by atoms with Gasteiger partial charge in [-0.15, -0.1) is 11.3 Å². The van der Waals surface area contributed by atoms with E-state index in [2.05, 4.69) is 20.3 Å². The van der Waals surface area contributed by atoms with Crippen LogP contribution in [0.4, 0.5) is 5.82 Å². The molecular weight excluding hydrogens is 412 g/mol. The summed E-state index contributed by atoms with van der Waals surface area (Å²) < 4.78 is 5.64. The van der Waals surface area contributed by atoms with E-state index in [-0.39, 0.29) is 5.56 Å². The van der Waals surface area contributed by atoms with E-state index >= 15 is 0 Å². The van der Waals surface area contributed by atoms with E-state index in [1.807, 2.05) is 29.6 Å². The van der Waals surface area contributed by atoms with Crippen LogP contribution in [-0.4, -0.2) is 32.6 Å². The number of nitrogens with one attached hydrogen (secondary N) is 1. The van der Waals surface area contributed by atoms with E-state index in [4.69, 9.17) is 21.4 Å². The molecule has 1 aromatic carbocycles. The Morgan fingerprint density at radius 1 is 1.14 bits per heavy atom. The number of aromatic nitrogens is 3. The zero-order chi connectivity index (χ0) is 20.2. The molecule has 0 saturated carbocycles. The normalized spacial score (nSPS) is 10.8. The quantitative estimate of drug-likeness (QED) is 0.434. The summed E-state index contributed by atoms with van der Waals surface area (Å²) in [6.07, 6.45) is 3.58. The average Bonchev–Trinajstić information content (AvgIpc) is 3.11. The molecule has 0 aliphatic carbocycles. The minimum Gasteiger partial charge on any atom is -0.478 e. The van der Waals surface area contributed by atoms with E-state index in [1.165, 1.54) is 36.0 Å². The van der Waals surface area contributed by atoms with Crippen LogP contribution in [0.15, 0.2) is 54.3 Å². The highest BCUT2D eigenvalue weighted by Gasteiger charge is 2.09. The number of hydrogen-bond acceptors (Lipinski definition) is 7. The Morgan fingerprint density at radius 2 is 1.97 bits per heavy atom. The Morgan fingerprint density at radius 3 is 2.69 bits per heavy atom. The second-order valence-corrected chi connectivity index (χ2v) is 7.36. The van der Waals surface area contributed by atoms with Crippen LogP contribution in [0.3, 0.4) is 0 Å². The van der Waals surface area contributed by atoms with Crippen molar-refractivity contribution in [3.05, 3.63) is 70.5 Å². The van der Waals surface area contributed by atoms with Crippen molar-refractivity contribution >= 4 is 44.9 Å². The Labute approximate surface area is 175 Å². The first-order valence-corrected chi connectivity index (χ1v) is 9.93. The van der Waals surface area contributed by atoms with Crippen LogP contribution in [0.25, 0.3) is 10.2 Å². The second-order valence-electron chi connectivity index (χ2n) is 6.10. The monoisotopic (exact) mass is 426 g/mol. The molecule has 0 amide bonds. The van der Waals surface area contributed by atoms with Gasteiger partial charge in [-0.1, -0.05) is 23.7 Å². The molecule has 0 fully saturated rings. The lowest BCUT2D eigenvalue weighted by Crippen LogP contribution is -2.06. The van der Waals surface area contributed by atoms with Gasteiger partial charge in [-0.25, -0.2) is 19.7 Å². The molecule has 0 bridgehead atoms. The van der Waals surface area contributed by atoms with Gasteiger partial charge in [-0.2, -0.15) is 0 Å². The maximum absolute atomic E-state index is 10.9. The molecule has 0 atom stereocenters. The molecule has 3 aromatic heterocycles. The third kappa shape index (κ3) is 4.44. The summed E-state index contributed by atoms with van der Waals surface area (Å²) in [5.74, 6) is 0.674. The molecular formula is C20H15ClN4O3S. The van der Waals surface area contributed by atoms with Crippen LogP contribution in [0.2, 0.25) is 5.02 Å². The lowest BCUT2D eigenvalue weighted by atomic mass is 10.1. The van der Waals surface area contributed by atoms with Gasteiger partial charge in [0, 0.05) is 24.2 Å². The lowest BCUT2D eigenvalue weighted by molar-refractivity contribution is 0.0696. The highest BCUT2D eigenvalue weighted by Crippen LogP contribution is 2.32. The molecule has 0 radical (unpaired) electrons. The maximum atomic E-state index is 10.9. The summed E-state index contributed by atoms with van der Waals surface area (Å²) in [7, 11) is 0. The Bertz CT molecular complexity index is 1150. The largest absolute Gasteiger partial charge is 0.478 e. The molecule has 0 unspecified atom stereocenters. The number of carboxylic acids is 1.